The summed E-state index contributed by atoms with van der Waals surface area (Å²) in [6.45, 7) is 1.95. The molecule has 0 saturated heterocycles. The van der Waals surface area contributed by atoms with Crippen LogP contribution in [0, 0.1) is 0 Å². The van der Waals surface area contributed by atoms with Crippen molar-refractivity contribution in [2.45, 2.75) is 6.92 Å². The number of hydrogen-bond donors (Lipinski definition) is 0. The van der Waals surface area contributed by atoms with E-state index in [2.05, 4.69) is 20.9 Å². The molecule has 2 aromatic heterocycles. The summed E-state index contributed by atoms with van der Waals surface area (Å²) >= 11 is 3.26. The van der Waals surface area contributed by atoms with E-state index in [-0.39, 0.29) is 17.9 Å². The van der Waals surface area contributed by atoms with Crippen LogP contribution in [-0.4, -0.2) is 22.0 Å². The monoisotopic (exact) mass is 296 g/mol. The van der Waals surface area contributed by atoms with Crippen molar-refractivity contribution in [1.82, 2.24) is 9.38 Å². The summed E-state index contributed by atoms with van der Waals surface area (Å²) in [7, 11) is 0. The topological polar surface area (TPSA) is 60.7 Å². The van der Waals surface area contributed by atoms with Crippen molar-refractivity contribution in [3.05, 3.63) is 44.9 Å². The minimum Gasteiger partial charge on any atom is -0.461 e. The lowest BCUT2D eigenvalue weighted by atomic mass is 10.3. The Kier molecular flexibility index (Phi) is 3.23. The fraction of sp³-hybridized carbons (Fsp3) is 0.182. The van der Waals surface area contributed by atoms with Gasteiger partial charge in [-0.25, -0.2) is 9.78 Å². The molecule has 2 aromatic rings. The molecule has 0 unspecified atom stereocenters. The van der Waals surface area contributed by atoms with Crippen LogP contribution in [0.3, 0.4) is 0 Å². The zero-order chi connectivity index (χ0) is 12.4. The van der Waals surface area contributed by atoms with Crippen LogP contribution in [0.2, 0.25) is 0 Å². The van der Waals surface area contributed by atoms with Crippen molar-refractivity contribution in [1.29, 1.82) is 0 Å². The standard InChI is InChI=1S/C11H9BrN2O3/c1-2-17-11(16)8-5-10(15)14-6-7(12)3-4-9(14)13-8/h3-6H,2H2,1H3. The molecule has 0 aliphatic carbocycles. The second kappa shape index (κ2) is 4.67. The van der Waals surface area contributed by atoms with E-state index in [0.29, 0.717) is 5.65 Å². The van der Waals surface area contributed by atoms with E-state index < -0.39 is 5.97 Å². The van der Waals surface area contributed by atoms with Crippen molar-refractivity contribution in [2.75, 3.05) is 6.61 Å². The number of hydrogen-bond acceptors (Lipinski definition) is 4. The normalized spacial score (nSPS) is 10.5. The zero-order valence-corrected chi connectivity index (χ0v) is 10.6. The summed E-state index contributed by atoms with van der Waals surface area (Å²) in [5.41, 5.74) is 0.113. The Hall–Kier alpha value is -1.69. The van der Waals surface area contributed by atoms with Crippen LogP contribution in [0.5, 0.6) is 0 Å². The summed E-state index contributed by atoms with van der Waals surface area (Å²) in [5.74, 6) is -0.588. The summed E-state index contributed by atoms with van der Waals surface area (Å²) in [4.78, 5) is 27.3. The number of halogens is 1. The van der Waals surface area contributed by atoms with Gasteiger partial charge in [0.2, 0.25) is 0 Å². The fourth-order valence-corrected chi connectivity index (χ4v) is 1.72. The molecule has 0 aliphatic rings. The van der Waals surface area contributed by atoms with Gasteiger partial charge in [0.25, 0.3) is 5.56 Å². The Morgan fingerprint density at radius 1 is 1.53 bits per heavy atom. The van der Waals surface area contributed by atoms with Crippen LogP contribution in [0.4, 0.5) is 0 Å². The molecule has 0 bridgehead atoms. The van der Waals surface area contributed by atoms with Gasteiger partial charge < -0.3 is 4.74 Å². The third-order valence-electron chi connectivity index (χ3n) is 2.11. The van der Waals surface area contributed by atoms with Gasteiger partial charge in [0, 0.05) is 16.7 Å². The highest BCUT2D eigenvalue weighted by Crippen LogP contribution is 2.09. The number of fused-ring (bicyclic) bond motifs is 1. The van der Waals surface area contributed by atoms with Gasteiger partial charge in [0.15, 0.2) is 5.69 Å². The van der Waals surface area contributed by atoms with Crippen molar-refractivity contribution in [3.8, 4) is 0 Å². The molecule has 0 radical (unpaired) electrons. The minimum absolute atomic E-state index is 0.0270. The highest BCUT2D eigenvalue weighted by atomic mass is 79.9. The van der Waals surface area contributed by atoms with E-state index in [1.165, 1.54) is 4.40 Å². The van der Waals surface area contributed by atoms with Crippen molar-refractivity contribution in [3.63, 3.8) is 0 Å². The van der Waals surface area contributed by atoms with Gasteiger partial charge in [-0.3, -0.25) is 9.20 Å². The van der Waals surface area contributed by atoms with Crippen LogP contribution in [0.1, 0.15) is 17.4 Å². The average Bonchev–Trinajstić information content (AvgIpc) is 2.30. The van der Waals surface area contributed by atoms with E-state index >= 15 is 0 Å². The first-order valence-electron chi connectivity index (χ1n) is 4.98. The van der Waals surface area contributed by atoms with Gasteiger partial charge in [-0.05, 0) is 35.0 Å². The van der Waals surface area contributed by atoms with Gasteiger partial charge in [-0.1, -0.05) is 0 Å². The molecule has 0 N–H and O–H groups in total. The maximum absolute atomic E-state index is 11.8. The van der Waals surface area contributed by atoms with Crippen LogP contribution in [-0.2, 0) is 4.74 Å². The fourth-order valence-electron chi connectivity index (χ4n) is 1.39. The highest BCUT2D eigenvalue weighted by Gasteiger charge is 2.11. The number of carbonyl (C=O) groups is 1. The third kappa shape index (κ3) is 2.36. The molecule has 0 aromatic carbocycles. The Morgan fingerprint density at radius 3 is 3.00 bits per heavy atom. The Balaban J connectivity index is 2.60. The quantitative estimate of drug-likeness (QED) is 0.791. The van der Waals surface area contributed by atoms with Gasteiger partial charge in [0.05, 0.1) is 6.61 Å². The average molecular weight is 297 g/mol. The summed E-state index contributed by atoms with van der Waals surface area (Å²) < 4.78 is 6.91. The molecule has 0 fully saturated rings. The second-order valence-corrected chi connectivity index (χ2v) is 4.19. The lowest BCUT2D eigenvalue weighted by Gasteiger charge is -2.03. The molecule has 2 heterocycles. The number of nitrogens with zero attached hydrogens (tertiary/aromatic N) is 2. The Bertz CT molecular complexity index is 636. The third-order valence-corrected chi connectivity index (χ3v) is 2.58. The van der Waals surface area contributed by atoms with Crippen LogP contribution in [0.25, 0.3) is 5.65 Å². The molecule has 6 heteroatoms. The number of aromatic nitrogens is 2. The Morgan fingerprint density at radius 2 is 2.29 bits per heavy atom. The number of ether oxygens (including phenoxy) is 1. The highest BCUT2D eigenvalue weighted by molar-refractivity contribution is 9.10. The van der Waals surface area contributed by atoms with E-state index in [9.17, 15) is 9.59 Å². The maximum atomic E-state index is 11.8. The Labute approximate surface area is 105 Å². The van der Waals surface area contributed by atoms with Gasteiger partial charge in [-0.15, -0.1) is 0 Å². The summed E-state index contributed by atoms with van der Waals surface area (Å²) in [6, 6.07) is 4.56. The molecule has 0 atom stereocenters. The minimum atomic E-state index is -0.588. The molecule has 0 spiro atoms. The van der Waals surface area contributed by atoms with Crippen LogP contribution >= 0.6 is 15.9 Å². The lowest BCUT2D eigenvalue weighted by Crippen LogP contribution is -2.18. The van der Waals surface area contributed by atoms with Crippen LogP contribution in [0.15, 0.2) is 33.7 Å². The largest absolute Gasteiger partial charge is 0.461 e. The van der Waals surface area contributed by atoms with Gasteiger partial charge in [0.1, 0.15) is 5.65 Å². The SMILES string of the molecule is CCOC(=O)c1cc(=O)n2cc(Br)ccc2n1. The first kappa shape index (κ1) is 11.8. The van der Waals surface area contributed by atoms with Gasteiger partial charge >= 0.3 is 5.97 Å². The van der Waals surface area contributed by atoms with E-state index in [1.54, 1.807) is 25.3 Å². The van der Waals surface area contributed by atoms with Crippen LogP contribution < -0.4 is 5.56 Å². The number of esters is 1. The van der Waals surface area contributed by atoms with Gasteiger partial charge in [-0.2, -0.15) is 0 Å². The van der Waals surface area contributed by atoms with E-state index in [0.717, 1.165) is 10.5 Å². The molecular weight excluding hydrogens is 288 g/mol. The second-order valence-electron chi connectivity index (χ2n) is 3.28. The smallest absolute Gasteiger partial charge is 0.357 e. The maximum Gasteiger partial charge on any atom is 0.357 e. The van der Waals surface area contributed by atoms with Crippen molar-refractivity contribution >= 4 is 27.5 Å². The molecular formula is C11H9BrN2O3. The summed E-state index contributed by atoms with van der Waals surface area (Å²) in [5, 5.41) is 0. The van der Waals surface area contributed by atoms with E-state index in [1.807, 2.05) is 0 Å². The predicted molar refractivity (Wildman–Crippen MR) is 65.1 cm³/mol. The molecule has 5 nitrogen and oxygen atoms in total. The molecule has 88 valence electrons. The number of carbonyl (C=O) groups excluding carboxylic acids is 1. The van der Waals surface area contributed by atoms with Crippen molar-refractivity contribution < 1.29 is 9.53 Å². The number of rotatable bonds is 2. The first-order chi connectivity index (χ1) is 8.11. The number of pyridine rings is 1. The molecule has 17 heavy (non-hydrogen) atoms. The molecule has 2 rings (SSSR count). The zero-order valence-electron chi connectivity index (χ0n) is 9.01. The molecule has 0 aliphatic heterocycles. The first-order valence-corrected chi connectivity index (χ1v) is 5.77. The molecule has 0 saturated carbocycles. The summed E-state index contributed by atoms with van der Waals surface area (Å²) in [6.07, 6.45) is 1.60. The predicted octanol–water partition coefficient (Wildman–Crippen LogP) is 1.63. The molecule has 0 amide bonds. The van der Waals surface area contributed by atoms with Crippen molar-refractivity contribution in [2.24, 2.45) is 0 Å². The lowest BCUT2D eigenvalue weighted by molar-refractivity contribution is 0.0519. The van der Waals surface area contributed by atoms with E-state index in [4.69, 9.17) is 4.74 Å².